The van der Waals surface area contributed by atoms with Crippen molar-refractivity contribution in [3.8, 4) is 17.1 Å². The molecule has 2 heterocycles. The molecule has 4 rings (SSSR count). The van der Waals surface area contributed by atoms with Crippen LogP contribution in [-0.4, -0.2) is 36.4 Å². The first kappa shape index (κ1) is 25.6. The number of furan rings is 1. The number of hydrazone groups is 1. The normalized spacial score (nSPS) is 15.2. The van der Waals surface area contributed by atoms with Gasteiger partial charge >= 0.3 is 5.97 Å². The summed E-state index contributed by atoms with van der Waals surface area (Å²) in [7, 11) is 0. The van der Waals surface area contributed by atoms with Gasteiger partial charge in [-0.15, -0.1) is 0 Å². The van der Waals surface area contributed by atoms with Crippen molar-refractivity contribution in [3.63, 3.8) is 0 Å². The molecule has 0 bridgehead atoms. The largest absolute Gasteiger partial charge is 0.483 e. The van der Waals surface area contributed by atoms with E-state index in [2.05, 4.69) is 21.2 Å². The molecule has 0 radical (unpaired) electrons. The van der Waals surface area contributed by atoms with Gasteiger partial charge in [0.1, 0.15) is 17.3 Å². The van der Waals surface area contributed by atoms with Gasteiger partial charge in [0.2, 0.25) is 0 Å². The summed E-state index contributed by atoms with van der Waals surface area (Å²) in [6, 6.07) is 19.7. The van der Waals surface area contributed by atoms with Crippen molar-refractivity contribution in [2.24, 2.45) is 5.10 Å². The minimum absolute atomic E-state index is 0.233. The average molecular weight is 519 g/mol. The highest BCUT2D eigenvalue weighted by Gasteiger charge is 2.32. The molecule has 0 saturated heterocycles. The molecular weight excluding hydrogens is 492 g/mol. The lowest BCUT2D eigenvalue weighted by molar-refractivity contribution is -0.139. The van der Waals surface area contributed by atoms with Gasteiger partial charge in [-0.1, -0.05) is 48.5 Å². The number of nitrogens with zero attached hydrogens (tertiary/aromatic N) is 1. The average Bonchev–Trinajstić information content (AvgIpc) is 3.37. The van der Waals surface area contributed by atoms with E-state index in [1.54, 1.807) is 38.1 Å². The third kappa shape index (κ3) is 6.42. The van der Waals surface area contributed by atoms with E-state index in [4.69, 9.17) is 26.1 Å². The number of rotatable bonds is 9. The molecule has 1 amide bonds. The van der Waals surface area contributed by atoms with Crippen molar-refractivity contribution >= 4 is 35.4 Å². The van der Waals surface area contributed by atoms with Crippen LogP contribution in [0.1, 0.15) is 31.2 Å². The predicted octanol–water partition coefficient (Wildman–Crippen LogP) is 3.83. The Morgan fingerprint density at radius 3 is 2.65 bits per heavy atom. The van der Waals surface area contributed by atoms with Crippen LogP contribution in [0.2, 0.25) is 0 Å². The fourth-order valence-electron chi connectivity index (χ4n) is 3.78. The second kappa shape index (κ2) is 12.0. The predicted molar refractivity (Wildman–Crippen MR) is 143 cm³/mol. The first-order valence-corrected chi connectivity index (χ1v) is 12.0. The molecule has 0 unspecified atom stereocenters. The third-order valence-corrected chi connectivity index (χ3v) is 5.64. The number of carbonyl (C=O) groups is 2. The molecule has 0 aliphatic carbocycles. The van der Waals surface area contributed by atoms with Crippen LogP contribution in [0, 0.1) is 0 Å². The van der Waals surface area contributed by atoms with Gasteiger partial charge < -0.3 is 24.5 Å². The van der Waals surface area contributed by atoms with Gasteiger partial charge in [-0.25, -0.2) is 10.2 Å². The molecule has 0 saturated carbocycles. The zero-order valence-electron chi connectivity index (χ0n) is 20.3. The summed E-state index contributed by atoms with van der Waals surface area (Å²) in [6.07, 6.45) is 1.41. The fourth-order valence-corrected chi connectivity index (χ4v) is 4.05. The number of allylic oxidation sites excluding steroid dienone is 1. The Bertz CT molecular complexity index is 1350. The Balaban J connectivity index is 1.40. The molecule has 1 aliphatic rings. The summed E-state index contributed by atoms with van der Waals surface area (Å²) in [5.41, 5.74) is 4.97. The second-order valence-electron chi connectivity index (χ2n) is 7.98. The fraction of sp³-hybridized carbons (Fsp3) is 0.185. The van der Waals surface area contributed by atoms with Crippen LogP contribution < -0.4 is 20.8 Å². The summed E-state index contributed by atoms with van der Waals surface area (Å²) < 4.78 is 16.8. The van der Waals surface area contributed by atoms with Crippen molar-refractivity contribution in [2.75, 3.05) is 13.2 Å². The highest BCUT2D eigenvalue weighted by atomic mass is 32.1. The Hall–Kier alpha value is -4.44. The Kier molecular flexibility index (Phi) is 8.32. The van der Waals surface area contributed by atoms with E-state index in [1.165, 1.54) is 6.21 Å². The maximum Gasteiger partial charge on any atom is 0.338 e. The Morgan fingerprint density at radius 2 is 1.86 bits per heavy atom. The van der Waals surface area contributed by atoms with E-state index in [9.17, 15) is 9.59 Å². The van der Waals surface area contributed by atoms with Gasteiger partial charge in [0.25, 0.3) is 5.91 Å². The van der Waals surface area contributed by atoms with Gasteiger partial charge in [0.15, 0.2) is 11.7 Å². The summed E-state index contributed by atoms with van der Waals surface area (Å²) in [5.74, 6) is 0.671. The molecule has 10 heteroatoms. The zero-order valence-corrected chi connectivity index (χ0v) is 21.1. The van der Waals surface area contributed by atoms with Gasteiger partial charge in [-0.05, 0) is 44.3 Å². The zero-order chi connectivity index (χ0) is 26.2. The molecule has 9 nitrogen and oxygen atoms in total. The molecule has 1 aliphatic heterocycles. The molecule has 3 N–H and O–H groups in total. The maximum absolute atomic E-state index is 12.7. The number of carbonyl (C=O) groups excluding carboxylic acids is 2. The van der Waals surface area contributed by atoms with E-state index in [-0.39, 0.29) is 13.2 Å². The second-order valence-corrected chi connectivity index (χ2v) is 8.39. The van der Waals surface area contributed by atoms with Gasteiger partial charge in [0, 0.05) is 16.8 Å². The molecule has 2 aromatic carbocycles. The minimum atomic E-state index is -0.608. The SMILES string of the molecule is CCOC(=O)C1=C(C)NC(=S)N[C@H]1c1ccccc1OCC(=O)NN=Cc1ccc(-c2ccccc2)o1. The van der Waals surface area contributed by atoms with Crippen molar-refractivity contribution in [1.82, 2.24) is 16.1 Å². The highest BCUT2D eigenvalue weighted by Crippen LogP contribution is 2.33. The van der Waals surface area contributed by atoms with E-state index in [0.29, 0.717) is 39.2 Å². The number of esters is 1. The summed E-state index contributed by atoms with van der Waals surface area (Å²) >= 11 is 5.29. The molecule has 1 aromatic heterocycles. The molecule has 190 valence electrons. The summed E-state index contributed by atoms with van der Waals surface area (Å²) in [4.78, 5) is 25.0. The number of ether oxygens (including phenoxy) is 2. The molecule has 37 heavy (non-hydrogen) atoms. The maximum atomic E-state index is 12.7. The van der Waals surface area contributed by atoms with Gasteiger partial charge in [-0.3, -0.25) is 4.79 Å². The minimum Gasteiger partial charge on any atom is -0.483 e. The van der Waals surface area contributed by atoms with Crippen molar-refractivity contribution < 1.29 is 23.5 Å². The quantitative estimate of drug-likeness (QED) is 0.170. The first-order valence-electron chi connectivity index (χ1n) is 11.6. The first-order chi connectivity index (χ1) is 18.0. The lowest BCUT2D eigenvalue weighted by Gasteiger charge is -2.30. The van der Waals surface area contributed by atoms with Crippen LogP contribution >= 0.6 is 12.2 Å². The van der Waals surface area contributed by atoms with Crippen LogP contribution in [0.25, 0.3) is 11.3 Å². The number of para-hydroxylation sites is 1. The highest BCUT2D eigenvalue weighted by molar-refractivity contribution is 7.80. The molecule has 3 aromatic rings. The van der Waals surface area contributed by atoms with Crippen LogP contribution in [0.15, 0.2) is 87.5 Å². The number of nitrogens with one attached hydrogen (secondary N) is 3. The summed E-state index contributed by atoms with van der Waals surface area (Å²) in [5, 5.41) is 10.4. The molecule has 1 atom stereocenters. The number of amides is 1. The smallest absolute Gasteiger partial charge is 0.338 e. The van der Waals surface area contributed by atoms with Gasteiger partial charge in [0.05, 0.1) is 24.4 Å². The molecule has 0 spiro atoms. The van der Waals surface area contributed by atoms with Gasteiger partial charge in [-0.2, -0.15) is 5.10 Å². The molecule has 0 fully saturated rings. The lowest BCUT2D eigenvalue weighted by atomic mass is 9.95. The van der Waals surface area contributed by atoms with E-state index >= 15 is 0 Å². The van der Waals surface area contributed by atoms with Crippen LogP contribution in [0.3, 0.4) is 0 Å². The standard InChI is InChI=1S/C27H26N4O5S/c1-3-34-26(33)24-17(2)29-27(37)30-25(24)20-11-7-8-12-22(20)35-16-23(32)31-28-15-19-13-14-21(36-19)18-9-5-4-6-10-18/h4-15,25H,3,16H2,1-2H3,(H,31,32)(H2,29,30,37)/t25-/m0/s1. The van der Waals surface area contributed by atoms with Crippen molar-refractivity contribution in [1.29, 1.82) is 0 Å². The number of hydrogen-bond donors (Lipinski definition) is 3. The van der Waals surface area contributed by atoms with E-state index in [1.807, 2.05) is 42.5 Å². The number of benzene rings is 2. The Labute approximate surface area is 219 Å². The lowest BCUT2D eigenvalue weighted by Crippen LogP contribution is -2.45. The summed E-state index contributed by atoms with van der Waals surface area (Å²) in [6.45, 7) is 3.43. The third-order valence-electron chi connectivity index (χ3n) is 5.42. The number of hydrogen-bond acceptors (Lipinski definition) is 7. The topological polar surface area (TPSA) is 114 Å². The van der Waals surface area contributed by atoms with Crippen molar-refractivity contribution in [2.45, 2.75) is 19.9 Å². The van der Waals surface area contributed by atoms with Crippen LogP contribution in [-0.2, 0) is 14.3 Å². The van der Waals surface area contributed by atoms with Crippen LogP contribution in [0.4, 0.5) is 0 Å². The molecular formula is C27H26N4O5S. The number of thiocarbonyl (C=S) groups is 1. The van der Waals surface area contributed by atoms with E-state index < -0.39 is 17.9 Å². The van der Waals surface area contributed by atoms with E-state index in [0.717, 1.165) is 5.56 Å². The Morgan fingerprint density at radius 1 is 1.11 bits per heavy atom. The monoisotopic (exact) mass is 518 g/mol. The van der Waals surface area contributed by atoms with Crippen molar-refractivity contribution in [3.05, 3.63) is 89.3 Å². The van der Waals surface area contributed by atoms with Crippen LogP contribution in [0.5, 0.6) is 5.75 Å².